The molecule has 0 bridgehead atoms. The van der Waals surface area contributed by atoms with Crippen molar-refractivity contribution in [1.29, 1.82) is 0 Å². The summed E-state index contributed by atoms with van der Waals surface area (Å²) in [6.45, 7) is 6.96. The highest BCUT2D eigenvalue weighted by Gasteiger charge is 2.15. The lowest BCUT2D eigenvalue weighted by atomic mass is 10.1. The van der Waals surface area contributed by atoms with Crippen LogP contribution in [0.5, 0.6) is 0 Å². The number of aryl methyl sites for hydroxylation is 2. The van der Waals surface area contributed by atoms with Crippen LogP contribution in [0.1, 0.15) is 19.4 Å². The summed E-state index contributed by atoms with van der Waals surface area (Å²) in [5, 5.41) is 8.79. The van der Waals surface area contributed by atoms with Gasteiger partial charge in [0.1, 0.15) is 6.04 Å². The second kappa shape index (κ2) is 7.39. The van der Waals surface area contributed by atoms with Gasteiger partial charge in [0.05, 0.1) is 0 Å². The molecule has 0 aliphatic heterocycles. The van der Waals surface area contributed by atoms with Gasteiger partial charge >= 0.3 is 0 Å². The predicted molar refractivity (Wildman–Crippen MR) is 118 cm³/mol. The molecular formula is C24H25N3O. The van der Waals surface area contributed by atoms with Gasteiger partial charge in [-0.25, -0.2) is 0 Å². The Morgan fingerprint density at radius 3 is 2.46 bits per heavy atom. The fourth-order valence-corrected chi connectivity index (χ4v) is 3.75. The number of carbonyl (C=O) groups excluding carboxylic acids is 1. The zero-order chi connectivity index (χ0) is 19.7. The van der Waals surface area contributed by atoms with Crippen LogP contribution in [0.4, 0.5) is 11.4 Å². The summed E-state index contributed by atoms with van der Waals surface area (Å²) in [4.78, 5) is 12.6. The highest BCUT2D eigenvalue weighted by Crippen LogP contribution is 2.31. The molecule has 3 aromatic carbocycles. The number of hydrogen-bond acceptors (Lipinski definition) is 2. The fraction of sp³-hybridized carbons (Fsp3) is 0.208. The molecule has 0 saturated carbocycles. The van der Waals surface area contributed by atoms with Crippen molar-refractivity contribution < 1.29 is 4.79 Å². The Kier molecular flexibility index (Phi) is 4.78. The molecular weight excluding hydrogens is 346 g/mol. The largest absolute Gasteiger partial charge is 0.374 e. The molecule has 2 N–H and O–H groups in total. The van der Waals surface area contributed by atoms with Crippen molar-refractivity contribution in [2.75, 3.05) is 10.6 Å². The van der Waals surface area contributed by atoms with Crippen molar-refractivity contribution in [2.24, 2.45) is 0 Å². The second-order valence-corrected chi connectivity index (χ2v) is 7.16. The number of anilines is 2. The van der Waals surface area contributed by atoms with E-state index in [-0.39, 0.29) is 11.9 Å². The van der Waals surface area contributed by atoms with Gasteiger partial charge < -0.3 is 15.2 Å². The lowest BCUT2D eigenvalue weighted by Crippen LogP contribution is -2.32. The number of hydrogen-bond donors (Lipinski definition) is 2. The number of carbonyl (C=O) groups is 1. The van der Waals surface area contributed by atoms with Crippen LogP contribution in [0, 0.1) is 6.92 Å². The summed E-state index contributed by atoms with van der Waals surface area (Å²) in [6, 6.07) is 22.2. The van der Waals surface area contributed by atoms with Crippen LogP contribution >= 0.6 is 0 Å². The van der Waals surface area contributed by atoms with Crippen molar-refractivity contribution in [3.8, 4) is 0 Å². The van der Waals surface area contributed by atoms with Crippen molar-refractivity contribution in [1.82, 2.24) is 4.57 Å². The molecule has 4 nitrogen and oxygen atoms in total. The van der Waals surface area contributed by atoms with Crippen molar-refractivity contribution in [3.05, 3.63) is 72.3 Å². The molecule has 1 atom stereocenters. The van der Waals surface area contributed by atoms with Gasteiger partial charge in [0.25, 0.3) is 0 Å². The van der Waals surface area contributed by atoms with E-state index in [1.807, 2.05) is 44.2 Å². The van der Waals surface area contributed by atoms with Gasteiger partial charge in [0.2, 0.25) is 5.91 Å². The number of rotatable bonds is 5. The van der Waals surface area contributed by atoms with Crippen molar-refractivity contribution in [2.45, 2.75) is 33.4 Å². The van der Waals surface area contributed by atoms with E-state index in [1.165, 1.54) is 21.8 Å². The molecule has 4 aromatic rings. The van der Waals surface area contributed by atoms with Crippen molar-refractivity contribution >= 4 is 39.1 Å². The lowest BCUT2D eigenvalue weighted by molar-refractivity contribution is -0.116. The van der Waals surface area contributed by atoms with Gasteiger partial charge in [-0.3, -0.25) is 4.79 Å². The Hall–Kier alpha value is -3.27. The van der Waals surface area contributed by atoms with Crippen LogP contribution < -0.4 is 10.6 Å². The van der Waals surface area contributed by atoms with Crippen LogP contribution in [-0.4, -0.2) is 16.5 Å². The van der Waals surface area contributed by atoms with E-state index in [0.717, 1.165) is 23.5 Å². The molecule has 0 radical (unpaired) electrons. The maximum absolute atomic E-state index is 12.6. The van der Waals surface area contributed by atoms with Gasteiger partial charge in [0, 0.05) is 39.7 Å². The highest BCUT2D eigenvalue weighted by molar-refractivity contribution is 6.09. The lowest BCUT2D eigenvalue weighted by Gasteiger charge is -2.16. The van der Waals surface area contributed by atoms with Gasteiger partial charge in [-0.05, 0) is 56.7 Å². The number of benzene rings is 3. The Bertz CT molecular complexity index is 1160. The molecule has 0 saturated heterocycles. The monoisotopic (exact) mass is 371 g/mol. The first-order valence-electron chi connectivity index (χ1n) is 9.72. The maximum Gasteiger partial charge on any atom is 0.246 e. The molecule has 0 aliphatic rings. The van der Waals surface area contributed by atoms with Crippen LogP contribution in [-0.2, 0) is 11.3 Å². The molecule has 142 valence electrons. The Labute approximate surface area is 165 Å². The first kappa shape index (κ1) is 18.1. The first-order valence-corrected chi connectivity index (χ1v) is 9.72. The number of nitrogens with one attached hydrogen (secondary N) is 2. The van der Waals surface area contributed by atoms with Crippen LogP contribution in [0.3, 0.4) is 0 Å². The Morgan fingerprint density at radius 1 is 0.964 bits per heavy atom. The quantitative estimate of drug-likeness (QED) is 0.482. The zero-order valence-electron chi connectivity index (χ0n) is 16.5. The predicted octanol–water partition coefficient (Wildman–Crippen LogP) is 5.56. The van der Waals surface area contributed by atoms with E-state index in [1.54, 1.807) is 0 Å². The zero-order valence-corrected chi connectivity index (χ0v) is 16.5. The molecule has 4 heteroatoms. The average molecular weight is 371 g/mol. The molecule has 0 aliphatic carbocycles. The van der Waals surface area contributed by atoms with Crippen molar-refractivity contribution in [3.63, 3.8) is 0 Å². The maximum atomic E-state index is 12.6. The molecule has 0 fully saturated rings. The van der Waals surface area contributed by atoms with Gasteiger partial charge in [0.15, 0.2) is 0 Å². The van der Waals surface area contributed by atoms with Gasteiger partial charge in [-0.15, -0.1) is 0 Å². The number of nitrogens with zero attached hydrogens (tertiary/aromatic N) is 1. The molecule has 1 aromatic heterocycles. The molecule has 1 heterocycles. The standard InChI is InChI=1S/C24H25N3O/c1-4-27-22-12-8-6-10-19(22)20-15-18(13-14-23(20)27)25-17(3)24(28)26-21-11-7-5-9-16(21)2/h5-15,17,25H,4H2,1-3H3,(H,26,28)/t17-/m1/s1. The SMILES string of the molecule is CCn1c2ccccc2c2cc(N[C@H](C)C(=O)Nc3ccccc3C)ccc21. The minimum absolute atomic E-state index is 0.0506. The molecule has 0 spiro atoms. The minimum atomic E-state index is -0.350. The van der Waals surface area contributed by atoms with E-state index in [2.05, 4.69) is 58.5 Å². The van der Waals surface area contributed by atoms with E-state index < -0.39 is 0 Å². The summed E-state index contributed by atoms with van der Waals surface area (Å²) >= 11 is 0. The first-order chi connectivity index (χ1) is 13.6. The number of para-hydroxylation sites is 2. The van der Waals surface area contributed by atoms with E-state index in [4.69, 9.17) is 0 Å². The Morgan fingerprint density at radius 2 is 1.68 bits per heavy atom. The number of amides is 1. The fourth-order valence-electron chi connectivity index (χ4n) is 3.75. The topological polar surface area (TPSA) is 46.1 Å². The smallest absolute Gasteiger partial charge is 0.246 e. The number of fused-ring (bicyclic) bond motifs is 3. The Balaban J connectivity index is 1.60. The minimum Gasteiger partial charge on any atom is -0.374 e. The normalized spacial score (nSPS) is 12.2. The summed E-state index contributed by atoms with van der Waals surface area (Å²) < 4.78 is 2.32. The number of aromatic nitrogens is 1. The van der Waals surface area contributed by atoms with E-state index in [0.29, 0.717) is 0 Å². The van der Waals surface area contributed by atoms with E-state index >= 15 is 0 Å². The third-order valence-electron chi connectivity index (χ3n) is 5.27. The third kappa shape index (κ3) is 3.22. The molecule has 1 amide bonds. The molecule has 0 unspecified atom stereocenters. The second-order valence-electron chi connectivity index (χ2n) is 7.16. The summed E-state index contributed by atoms with van der Waals surface area (Å²) in [7, 11) is 0. The highest BCUT2D eigenvalue weighted by atomic mass is 16.2. The molecule has 28 heavy (non-hydrogen) atoms. The third-order valence-corrected chi connectivity index (χ3v) is 5.27. The van der Waals surface area contributed by atoms with Crippen LogP contribution in [0.15, 0.2) is 66.7 Å². The van der Waals surface area contributed by atoms with Crippen LogP contribution in [0.25, 0.3) is 21.8 Å². The summed E-state index contributed by atoms with van der Waals surface area (Å²) in [5.74, 6) is -0.0506. The van der Waals surface area contributed by atoms with Crippen LogP contribution in [0.2, 0.25) is 0 Å². The summed E-state index contributed by atoms with van der Waals surface area (Å²) in [5.41, 5.74) is 5.30. The average Bonchev–Trinajstić information content (AvgIpc) is 3.02. The molecule has 4 rings (SSSR count). The van der Waals surface area contributed by atoms with Gasteiger partial charge in [-0.2, -0.15) is 0 Å². The van der Waals surface area contributed by atoms with Gasteiger partial charge in [-0.1, -0.05) is 36.4 Å². The summed E-state index contributed by atoms with van der Waals surface area (Å²) in [6.07, 6.45) is 0. The van der Waals surface area contributed by atoms with E-state index in [9.17, 15) is 4.79 Å².